The molecule has 10 heteroatoms. The van der Waals surface area contributed by atoms with Gasteiger partial charge in [0.05, 0.1) is 15.1 Å². The number of amides is 1. The van der Waals surface area contributed by atoms with E-state index in [0.717, 1.165) is 47.6 Å². The summed E-state index contributed by atoms with van der Waals surface area (Å²) in [6.07, 6.45) is 3.80. The van der Waals surface area contributed by atoms with Gasteiger partial charge in [-0.1, -0.05) is 31.3 Å². The van der Waals surface area contributed by atoms with Crippen LogP contribution in [-0.2, 0) is 10.0 Å². The first-order valence-corrected chi connectivity index (χ1v) is 15.4. The molecule has 0 bridgehead atoms. The fourth-order valence-corrected chi connectivity index (χ4v) is 7.42. The zero-order chi connectivity index (χ0) is 25.0. The standard InChI is InChI=1S/C25H32N4O3S3/c1-4-27(5-2)17-18-29(25-26-23-21(33-3)9-8-10-22(23)34-25)24(30)19-11-13-20(14-12-19)35(31,32)28-15-6-7-16-28/h8-14H,4-7,15-18H2,1-3H3. The minimum atomic E-state index is -3.52. The van der Waals surface area contributed by atoms with E-state index in [4.69, 9.17) is 4.98 Å². The van der Waals surface area contributed by atoms with Crippen molar-refractivity contribution < 1.29 is 13.2 Å². The minimum absolute atomic E-state index is 0.174. The third-order valence-corrected chi connectivity index (χ3v) is 10.1. The van der Waals surface area contributed by atoms with Crippen LogP contribution in [0.2, 0.25) is 0 Å². The van der Waals surface area contributed by atoms with Crippen molar-refractivity contribution in [2.75, 3.05) is 50.4 Å². The predicted molar refractivity (Wildman–Crippen MR) is 145 cm³/mol. The van der Waals surface area contributed by atoms with Crippen molar-refractivity contribution in [2.45, 2.75) is 36.5 Å². The number of hydrogen-bond donors (Lipinski definition) is 0. The van der Waals surface area contributed by atoms with Crippen molar-refractivity contribution in [3.8, 4) is 0 Å². The Hall–Kier alpha value is -1.98. The molecule has 1 saturated heterocycles. The summed E-state index contributed by atoms with van der Waals surface area (Å²) in [6.45, 7) is 8.36. The van der Waals surface area contributed by atoms with Crippen LogP contribution < -0.4 is 4.90 Å². The summed E-state index contributed by atoms with van der Waals surface area (Å²) in [5.41, 5.74) is 1.36. The maximum atomic E-state index is 13.7. The molecule has 1 aliphatic rings. The second kappa shape index (κ2) is 11.4. The Balaban J connectivity index is 1.64. The lowest BCUT2D eigenvalue weighted by molar-refractivity contribution is 0.0983. The number of nitrogens with zero attached hydrogens (tertiary/aromatic N) is 4. The van der Waals surface area contributed by atoms with Crippen molar-refractivity contribution in [1.82, 2.24) is 14.2 Å². The largest absolute Gasteiger partial charge is 0.302 e. The smallest absolute Gasteiger partial charge is 0.260 e. The molecule has 1 aromatic heterocycles. The molecule has 3 aromatic rings. The van der Waals surface area contributed by atoms with Gasteiger partial charge < -0.3 is 4.90 Å². The molecule has 2 heterocycles. The third kappa shape index (κ3) is 5.56. The van der Waals surface area contributed by atoms with E-state index < -0.39 is 10.0 Å². The van der Waals surface area contributed by atoms with Crippen LogP contribution in [0.5, 0.6) is 0 Å². The van der Waals surface area contributed by atoms with Crippen LogP contribution in [0.3, 0.4) is 0 Å². The maximum Gasteiger partial charge on any atom is 0.260 e. The molecule has 0 atom stereocenters. The highest BCUT2D eigenvalue weighted by molar-refractivity contribution is 7.98. The molecule has 1 amide bonds. The maximum absolute atomic E-state index is 13.7. The number of para-hydroxylation sites is 1. The van der Waals surface area contributed by atoms with Gasteiger partial charge in [-0.25, -0.2) is 13.4 Å². The summed E-state index contributed by atoms with van der Waals surface area (Å²) in [5, 5.41) is 0.660. The normalized spacial score (nSPS) is 14.7. The van der Waals surface area contributed by atoms with E-state index in [1.54, 1.807) is 40.9 Å². The number of hydrogen-bond acceptors (Lipinski definition) is 7. The van der Waals surface area contributed by atoms with Gasteiger partial charge >= 0.3 is 0 Å². The number of sulfonamides is 1. The third-order valence-electron chi connectivity index (χ3n) is 6.40. The average molecular weight is 533 g/mol. The summed E-state index contributed by atoms with van der Waals surface area (Å²) in [4.78, 5) is 23.9. The molecule has 4 rings (SSSR count). The second-order valence-electron chi connectivity index (χ2n) is 8.42. The fraction of sp³-hybridized carbons (Fsp3) is 0.440. The van der Waals surface area contributed by atoms with E-state index in [2.05, 4.69) is 18.7 Å². The molecule has 0 radical (unpaired) electrons. The Bertz CT molecular complexity index is 1260. The van der Waals surface area contributed by atoms with E-state index in [1.165, 1.54) is 15.6 Å². The number of likely N-dealkylation sites (N-methyl/N-ethyl adjacent to an activating group) is 1. The molecule has 0 unspecified atom stereocenters. The number of benzene rings is 2. The zero-order valence-corrected chi connectivity index (χ0v) is 22.9. The molecular weight excluding hydrogens is 501 g/mol. The van der Waals surface area contributed by atoms with Gasteiger partial charge in [0.25, 0.3) is 5.91 Å². The molecule has 0 N–H and O–H groups in total. The number of aromatic nitrogens is 1. The van der Waals surface area contributed by atoms with Crippen LogP contribution in [0.15, 0.2) is 52.3 Å². The molecule has 35 heavy (non-hydrogen) atoms. The number of fused-ring (bicyclic) bond motifs is 1. The highest BCUT2D eigenvalue weighted by atomic mass is 32.2. The summed E-state index contributed by atoms with van der Waals surface area (Å²) < 4.78 is 28.3. The van der Waals surface area contributed by atoms with Crippen molar-refractivity contribution >= 4 is 54.4 Å². The van der Waals surface area contributed by atoms with Gasteiger partial charge in [-0.05, 0) is 68.6 Å². The fourth-order valence-electron chi connectivity index (χ4n) is 4.26. The Morgan fingerprint density at radius 1 is 1.06 bits per heavy atom. The second-order valence-corrected chi connectivity index (χ2v) is 12.2. The summed E-state index contributed by atoms with van der Waals surface area (Å²) in [6, 6.07) is 12.4. The van der Waals surface area contributed by atoms with E-state index in [0.29, 0.717) is 30.3 Å². The van der Waals surface area contributed by atoms with Crippen LogP contribution in [0.4, 0.5) is 5.13 Å². The van der Waals surface area contributed by atoms with E-state index in [9.17, 15) is 13.2 Å². The van der Waals surface area contributed by atoms with E-state index in [-0.39, 0.29) is 10.8 Å². The van der Waals surface area contributed by atoms with Crippen LogP contribution >= 0.6 is 23.1 Å². The molecule has 1 aliphatic heterocycles. The van der Waals surface area contributed by atoms with Gasteiger partial charge in [-0.2, -0.15) is 4.31 Å². The van der Waals surface area contributed by atoms with Crippen molar-refractivity contribution in [2.24, 2.45) is 0 Å². The first kappa shape index (κ1) is 26.1. The lowest BCUT2D eigenvalue weighted by atomic mass is 10.2. The van der Waals surface area contributed by atoms with Crippen LogP contribution in [0, 0.1) is 0 Å². The lowest BCUT2D eigenvalue weighted by Crippen LogP contribution is -2.38. The average Bonchev–Trinajstić information content (AvgIpc) is 3.57. The summed E-state index contributed by atoms with van der Waals surface area (Å²) >= 11 is 3.15. The monoisotopic (exact) mass is 532 g/mol. The van der Waals surface area contributed by atoms with Gasteiger partial charge in [0.1, 0.15) is 0 Å². The SMILES string of the molecule is CCN(CC)CCN(C(=O)c1ccc(S(=O)(=O)N2CCCC2)cc1)c1nc2c(SC)cccc2s1. The predicted octanol–water partition coefficient (Wildman–Crippen LogP) is 4.79. The highest BCUT2D eigenvalue weighted by Gasteiger charge is 2.28. The van der Waals surface area contributed by atoms with Crippen LogP contribution in [-0.4, -0.2) is 74.0 Å². The molecule has 0 aliphatic carbocycles. The molecule has 2 aromatic carbocycles. The van der Waals surface area contributed by atoms with E-state index in [1.807, 2.05) is 24.5 Å². The Labute approximate surface area is 216 Å². The van der Waals surface area contributed by atoms with Gasteiger partial charge in [-0.15, -0.1) is 11.8 Å². The first-order valence-electron chi connectivity index (χ1n) is 12.0. The molecule has 1 fully saturated rings. The number of thiazole rings is 1. The molecule has 7 nitrogen and oxygen atoms in total. The quantitative estimate of drug-likeness (QED) is 0.350. The lowest BCUT2D eigenvalue weighted by Gasteiger charge is -2.25. The number of carbonyl (C=O) groups excluding carboxylic acids is 1. The Morgan fingerprint density at radius 2 is 1.74 bits per heavy atom. The number of carbonyl (C=O) groups is 1. The van der Waals surface area contributed by atoms with Gasteiger partial charge in [0.2, 0.25) is 10.0 Å². The van der Waals surface area contributed by atoms with Gasteiger partial charge in [-0.3, -0.25) is 9.69 Å². The first-order chi connectivity index (χ1) is 16.9. The van der Waals surface area contributed by atoms with Crippen LogP contribution in [0.1, 0.15) is 37.0 Å². The molecule has 0 saturated carbocycles. The molecular formula is C25H32N4O3S3. The minimum Gasteiger partial charge on any atom is -0.302 e. The summed E-state index contributed by atoms with van der Waals surface area (Å²) in [5.74, 6) is -0.174. The van der Waals surface area contributed by atoms with Crippen molar-refractivity contribution in [1.29, 1.82) is 0 Å². The number of thioether (sulfide) groups is 1. The van der Waals surface area contributed by atoms with Crippen LogP contribution in [0.25, 0.3) is 10.2 Å². The zero-order valence-electron chi connectivity index (χ0n) is 20.4. The van der Waals surface area contributed by atoms with Gasteiger partial charge in [0.15, 0.2) is 5.13 Å². The highest BCUT2D eigenvalue weighted by Crippen LogP contribution is 2.34. The summed E-state index contributed by atoms with van der Waals surface area (Å²) in [7, 11) is -3.52. The molecule has 188 valence electrons. The van der Waals surface area contributed by atoms with Crippen molar-refractivity contribution in [3.63, 3.8) is 0 Å². The Morgan fingerprint density at radius 3 is 2.37 bits per heavy atom. The Kier molecular flexibility index (Phi) is 8.49. The topological polar surface area (TPSA) is 73.8 Å². The number of rotatable bonds is 10. The van der Waals surface area contributed by atoms with Gasteiger partial charge in [0, 0.05) is 36.6 Å². The van der Waals surface area contributed by atoms with E-state index >= 15 is 0 Å². The van der Waals surface area contributed by atoms with Crippen molar-refractivity contribution in [3.05, 3.63) is 48.0 Å². The molecule has 0 spiro atoms. The number of anilines is 1.